The molecule has 2 aromatic carbocycles. The zero-order valence-electron chi connectivity index (χ0n) is 17.7. The Hall–Kier alpha value is -1.69. The van der Waals surface area contributed by atoms with Crippen molar-refractivity contribution in [3.63, 3.8) is 0 Å². The minimum Gasteiger partial charge on any atom is -0.352 e. The van der Waals surface area contributed by atoms with Gasteiger partial charge in [-0.05, 0) is 45.4 Å². The SMILES string of the molecule is Cc1ccc(CSCC(=O)N(Cc2c(Cl)cccc2Cl)C(C)C(=O)NC(C)C)cc1. The second kappa shape index (κ2) is 11.6. The molecule has 1 N–H and O–H groups in total. The first-order valence-corrected chi connectivity index (χ1v) is 11.8. The van der Waals surface area contributed by atoms with Gasteiger partial charge in [0.05, 0.1) is 5.75 Å². The summed E-state index contributed by atoms with van der Waals surface area (Å²) in [6.07, 6.45) is 0. The van der Waals surface area contributed by atoms with E-state index in [0.717, 1.165) is 11.3 Å². The molecule has 0 radical (unpaired) electrons. The van der Waals surface area contributed by atoms with Crippen LogP contribution < -0.4 is 5.32 Å². The smallest absolute Gasteiger partial charge is 0.242 e. The summed E-state index contributed by atoms with van der Waals surface area (Å²) in [6, 6.07) is 12.8. The lowest BCUT2D eigenvalue weighted by Gasteiger charge is -2.30. The first-order chi connectivity index (χ1) is 14.2. The summed E-state index contributed by atoms with van der Waals surface area (Å²) in [5.74, 6) is 0.647. The Labute approximate surface area is 193 Å². The first kappa shape index (κ1) is 24.6. The normalized spacial score (nSPS) is 12.0. The minimum atomic E-state index is -0.646. The predicted molar refractivity (Wildman–Crippen MR) is 127 cm³/mol. The Morgan fingerprint density at radius 2 is 1.63 bits per heavy atom. The van der Waals surface area contributed by atoms with Crippen LogP contribution in [0.4, 0.5) is 0 Å². The van der Waals surface area contributed by atoms with Crippen molar-refractivity contribution in [2.24, 2.45) is 0 Å². The number of halogens is 2. The van der Waals surface area contributed by atoms with E-state index < -0.39 is 6.04 Å². The number of thioether (sulfide) groups is 1. The van der Waals surface area contributed by atoms with Gasteiger partial charge in [0.15, 0.2) is 0 Å². The molecule has 2 rings (SSSR count). The number of hydrogen-bond donors (Lipinski definition) is 1. The van der Waals surface area contributed by atoms with Crippen LogP contribution in [0, 0.1) is 6.92 Å². The highest BCUT2D eigenvalue weighted by Gasteiger charge is 2.27. The molecule has 162 valence electrons. The van der Waals surface area contributed by atoms with E-state index in [4.69, 9.17) is 23.2 Å². The van der Waals surface area contributed by atoms with Gasteiger partial charge in [-0.1, -0.05) is 59.1 Å². The van der Waals surface area contributed by atoms with Gasteiger partial charge in [0.1, 0.15) is 6.04 Å². The molecule has 0 fully saturated rings. The fourth-order valence-electron chi connectivity index (χ4n) is 2.86. The third kappa shape index (κ3) is 7.22. The van der Waals surface area contributed by atoms with Gasteiger partial charge in [0, 0.05) is 33.9 Å². The van der Waals surface area contributed by atoms with Crippen molar-refractivity contribution in [1.29, 1.82) is 0 Å². The molecule has 0 spiro atoms. The Bertz CT molecular complexity index is 852. The van der Waals surface area contributed by atoms with Gasteiger partial charge in [0.25, 0.3) is 0 Å². The summed E-state index contributed by atoms with van der Waals surface area (Å²) >= 11 is 14.2. The summed E-state index contributed by atoms with van der Waals surface area (Å²) in [5.41, 5.74) is 3.00. The van der Waals surface area contributed by atoms with E-state index in [2.05, 4.69) is 29.6 Å². The van der Waals surface area contributed by atoms with Gasteiger partial charge in [0.2, 0.25) is 11.8 Å². The maximum absolute atomic E-state index is 13.1. The van der Waals surface area contributed by atoms with E-state index in [1.807, 2.05) is 20.8 Å². The molecule has 1 unspecified atom stereocenters. The molecular weight excluding hydrogens is 439 g/mol. The van der Waals surface area contributed by atoms with E-state index in [0.29, 0.717) is 15.6 Å². The summed E-state index contributed by atoms with van der Waals surface area (Å²) in [4.78, 5) is 27.2. The molecule has 30 heavy (non-hydrogen) atoms. The van der Waals surface area contributed by atoms with Crippen molar-refractivity contribution in [1.82, 2.24) is 10.2 Å². The summed E-state index contributed by atoms with van der Waals surface area (Å²) in [6.45, 7) is 7.72. The summed E-state index contributed by atoms with van der Waals surface area (Å²) in [7, 11) is 0. The Balaban J connectivity index is 2.13. The van der Waals surface area contributed by atoms with Crippen molar-refractivity contribution in [3.8, 4) is 0 Å². The topological polar surface area (TPSA) is 49.4 Å². The van der Waals surface area contributed by atoms with Crippen molar-refractivity contribution in [2.45, 2.75) is 52.1 Å². The largest absolute Gasteiger partial charge is 0.352 e. The first-order valence-electron chi connectivity index (χ1n) is 9.85. The average Bonchev–Trinajstić information content (AvgIpc) is 2.68. The average molecular weight is 467 g/mol. The molecule has 0 bridgehead atoms. The second-order valence-corrected chi connectivity index (χ2v) is 9.34. The molecule has 1 atom stereocenters. The molecule has 0 aliphatic carbocycles. The third-order valence-electron chi connectivity index (χ3n) is 4.60. The minimum absolute atomic E-state index is 0.0169. The quantitative estimate of drug-likeness (QED) is 0.532. The van der Waals surface area contributed by atoms with Crippen LogP contribution in [0.25, 0.3) is 0 Å². The highest BCUT2D eigenvalue weighted by Crippen LogP contribution is 2.27. The van der Waals surface area contributed by atoms with E-state index in [-0.39, 0.29) is 30.2 Å². The molecule has 0 aliphatic heterocycles. The maximum Gasteiger partial charge on any atom is 0.242 e. The van der Waals surface area contributed by atoms with E-state index >= 15 is 0 Å². The number of carbonyl (C=O) groups is 2. The highest BCUT2D eigenvalue weighted by atomic mass is 35.5. The Morgan fingerprint density at radius 1 is 1.03 bits per heavy atom. The van der Waals surface area contributed by atoms with Crippen LogP contribution in [0.1, 0.15) is 37.5 Å². The summed E-state index contributed by atoms with van der Waals surface area (Å²) in [5, 5.41) is 3.83. The lowest BCUT2D eigenvalue weighted by atomic mass is 10.1. The molecule has 2 aromatic rings. The molecule has 0 aliphatic rings. The van der Waals surface area contributed by atoms with E-state index in [1.54, 1.807) is 30.0 Å². The maximum atomic E-state index is 13.1. The molecule has 0 heterocycles. The van der Waals surface area contributed by atoms with Gasteiger partial charge in [-0.25, -0.2) is 0 Å². The zero-order chi connectivity index (χ0) is 22.3. The lowest BCUT2D eigenvalue weighted by Crippen LogP contribution is -2.49. The number of nitrogens with one attached hydrogen (secondary N) is 1. The van der Waals surface area contributed by atoms with Crippen LogP contribution in [-0.4, -0.2) is 34.6 Å². The number of nitrogens with zero attached hydrogens (tertiary/aromatic N) is 1. The number of hydrogen-bond acceptors (Lipinski definition) is 3. The van der Waals surface area contributed by atoms with Crippen LogP contribution in [0.2, 0.25) is 10.0 Å². The van der Waals surface area contributed by atoms with E-state index in [1.165, 1.54) is 17.3 Å². The molecular formula is C23H28Cl2N2O2S. The molecule has 0 aromatic heterocycles. The van der Waals surface area contributed by atoms with Crippen molar-refractivity contribution < 1.29 is 9.59 Å². The number of aryl methyl sites for hydroxylation is 1. The van der Waals surface area contributed by atoms with Gasteiger partial charge < -0.3 is 10.2 Å². The van der Waals surface area contributed by atoms with Gasteiger partial charge in [-0.15, -0.1) is 11.8 Å². The molecule has 7 heteroatoms. The monoisotopic (exact) mass is 466 g/mol. The fourth-order valence-corrected chi connectivity index (χ4v) is 4.25. The van der Waals surface area contributed by atoms with Crippen molar-refractivity contribution in [3.05, 3.63) is 69.2 Å². The van der Waals surface area contributed by atoms with Crippen LogP contribution in [-0.2, 0) is 21.9 Å². The molecule has 4 nitrogen and oxygen atoms in total. The fraction of sp³-hybridized carbons (Fsp3) is 0.391. The molecule has 0 saturated heterocycles. The van der Waals surface area contributed by atoms with Crippen LogP contribution in [0.5, 0.6) is 0 Å². The predicted octanol–water partition coefficient (Wildman–Crippen LogP) is 5.48. The summed E-state index contributed by atoms with van der Waals surface area (Å²) < 4.78 is 0. The number of rotatable bonds is 9. The van der Waals surface area contributed by atoms with Crippen molar-refractivity contribution in [2.75, 3.05) is 5.75 Å². The van der Waals surface area contributed by atoms with Crippen LogP contribution >= 0.6 is 35.0 Å². The zero-order valence-corrected chi connectivity index (χ0v) is 20.1. The molecule has 0 saturated carbocycles. The van der Waals surface area contributed by atoms with Gasteiger partial charge in [-0.2, -0.15) is 0 Å². The standard InChI is InChI=1S/C23H28Cl2N2O2S/c1-15(2)26-23(29)17(4)27(12-19-20(24)6-5-7-21(19)25)22(28)14-30-13-18-10-8-16(3)9-11-18/h5-11,15,17H,12-14H2,1-4H3,(H,26,29). The number of carbonyl (C=O) groups excluding carboxylic acids is 2. The van der Waals surface area contributed by atoms with Gasteiger partial charge in [-0.3, -0.25) is 9.59 Å². The van der Waals surface area contributed by atoms with Crippen LogP contribution in [0.15, 0.2) is 42.5 Å². The third-order valence-corrected chi connectivity index (χ3v) is 6.30. The number of benzene rings is 2. The van der Waals surface area contributed by atoms with Gasteiger partial charge >= 0.3 is 0 Å². The number of amides is 2. The van der Waals surface area contributed by atoms with Crippen LogP contribution in [0.3, 0.4) is 0 Å². The lowest BCUT2D eigenvalue weighted by molar-refractivity contribution is -0.138. The Kier molecular flexibility index (Phi) is 9.53. The second-order valence-electron chi connectivity index (χ2n) is 7.54. The highest BCUT2D eigenvalue weighted by molar-refractivity contribution is 7.99. The van der Waals surface area contributed by atoms with E-state index in [9.17, 15) is 9.59 Å². The molecule has 2 amide bonds. The Morgan fingerprint density at radius 3 is 2.20 bits per heavy atom. The van der Waals surface area contributed by atoms with Crippen molar-refractivity contribution >= 4 is 46.8 Å².